The van der Waals surface area contributed by atoms with Crippen LogP contribution in [0.15, 0.2) is 0 Å². The summed E-state index contributed by atoms with van der Waals surface area (Å²) in [6, 6.07) is 0.887. The Morgan fingerprint density at radius 3 is 2.57 bits per heavy atom. The summed E-state index contributed by atoms with van der Waals surface area (Å²) in [7, 11) is 0. The minimum absolute atomic E-state index is 0.0130. The van der Waals surface area contributed by atoms with Crippen molar-refractivity contribution in [3.63, 3.8) is 0 Å². The molecule has 0 saturated carbocycles. The maximum absolute atomic E-state index is 12.4. The van der Waals surface area contributed by atoms with Crippen molar-refractivity contribution in [1.29, 1.82) is 0 Å². The lowest BCUT2D eigenvalue weighted by Gasteiger charge is -2.41. The van der Waals surface area contributed by atoms with E-state index in [1.165, 1.54) is 6.42 Å². The average Bonchev–Trinajstić information content (AvgIpc) is 2.47. The third kappa shape index (κ3) is 5.59. The van der Waals surface area contributed by atoms with Gasteiger partial charge in [-0.3, -0.25) is 9.69 Å². The molecule has 1 fully saturated rings. The Balaban J connectivity index is 2.51. The predicted octanol–water partition coefficient (Wildman–Crippen LogP) is 2.39. The predicted molar refractivity (Wildman–Crippen MR) is 89.4 cm³/mol. The number of nitrogens with one attached hydrogen (secondary N) is 2. The maximum atomic E-state index is 12.4. The molecular formula is C17H35N3O. The largest absolute Gasteiger partial charge is 0.352 e. The van der Waals surface area contributed by atoms with Crippen molar-refractivity contribution in [2.24, 2.45) is 5.92 Å². The molecule has 0 bridgehead atoms. The molecule has 0 spiro atoms. The zero-order valence-electron chi connectivity index (χ0n) is 14.6. The number of carbonyl (C=O) groups is 1. The van der Waals surface area contributed by atoms with E-state index < -0.39 is 0 Å². The fraction of sp³-hybridized carbons (Fsp3) is 0.941. The molecule has 124 valence electrons. The molecule has 1 rings (SSSR count). The van der Waals surface area contributed by atoms with Crippen LogP contribution in [0.5, 0.6) is 0 Å². The van der Waals surface area contributed by atoms with Gasteiger partial charge in [-0.15, -0.1) is 0 Å². The lowest BCUT2D eigenvalue weighted by atomic mass is 9.89. The third-order valence-corrected chi connectivity index (χ3v) is 4.79. The Kier molecular flexibility index (Phi) is 8.27. The average molecular weight is 297 g/mol. The summed E-state index contributed by atoms with van der Waals surface area (Å²) in [6.07, 6.45) is 4.49. The molecule has 4 nitrogen and oxygen atoms in total. The van der Waals surface area contributed by atoms with Gasteiger partial charge in [-0.25, -0.2) is 0 Å². The standard InChI is InChI=1S/C17H35N3O/c1-6-9-13(4)19-17(21)14(5)20-11-10-16(18-8-3)15(7-2)12-20/h13-16,18H,6-12H2,1-5H3,(H,19,21). The first-order valence-corrected chi connectivity index (χ1v) is 8.81. The van der Waals surface area contributed by atoms with Crippen LogP contribution in [0.4, 0.5) is 0 Å². The number of rotatable bonds is 8. The van der Waals surface area contributed by atoms with Gasteiger partial charge in [0.15, 0.2) is 0 Å². The lowest BCUT2D eigenvalue weighted by Crippen LogP contribution is -2.55. The minimum Gasteiger partial charge on any atom is -0.352 e. The van der Waals surface area contributed by atoms with Crippen LogP contribution in [0.2, 0.25) is 0 Å². The third-order valence-electron chi connectivity index (χ3n) is 4.79. The number of amides is 1. The molecule has 21 heavy (non-hydrogen) atoms. The van der Waals surface area contributed by atoms with Crippen molar-refractivity contribution in [2.75, 3.05) is 19.6 Å². The zero-order chi connectivity index (χ0) is 15.8. The highest BCUT2D eigenvalue weighted by Crippen LogP contribution is 2.22. The van der Waals surface area contributed by atoms with Crippen molar-refractivity contribution in [3.8, 4) is 0 Å². The summed E-state index contributed by atoms with van der Waals surface area (Å²) in [4.78, 5) is 14.7. The molecule has 0 aromatic rings. The highest BCUT2D eigenvalue weighted by atomic mass is 16.2. The van der Waals surface area contributed by atoms with E-state index in [2.05, 4.69) is 43.2 Å². The molecule has 0 aromatic heterocycles. The van der Waals surface area contributed by atoms with Crippen LogP contribution < -0.4 is 10.6 Å². The van der Waals surface area contributed by atoms with Gasteiger partial charge in [0.25, 0.3) is 0 Å². The summed E-state index contributed by atoms with van der Waals surface area (Å²) >= 11 is 0. The summed E-state index contributed by atoms with van der Waals surface area (Å²) in [5, 5.41) is 6.75. The van der Waals surface area contributed by atoms with E-state index in [1.807, 2.05) is 6.92 Å². The number of carbonyl (C=O) groups excluding carboxylic acids is 1. The van der Waals surface area contributed by atoms with E-state index >= 15 is 0 Å². The molecular weight excluding hydrogens is 262 g/mol. The second-order valence-corrected chi connectivity index (χ2v) is 6.49. The smallest absolute Gasteiger partial charge is 0.237 e. The first-order valence-electron chi connectivity index (χ1n) is 8.81. The van der Waals surface area contributed by atoms with Gasteiger partial charge in [0.1, 0.15) is 0 Å². The molecule has 0 aliphatic carbocycles. The van der Waals surface area contributed by atoms with Crippen LogP contribution in [0.1, 0.15) is 60.3 Å². The highest BCUT2D eigenvalue weighted by Gasteiger charge is 2.32. The van der Waals surface area contributed by atoms with Gasteiger partial charge in [-0.1, -0.05) is 33.6 Å². The molecule has 1 heterocycles. The molecule has 1 aliphatic heterocycles. The molecule has 1 amide bonds. The molecule has 0 aromatic carbocycles. The van der Waals surface area contributed by atoms with Crippen molar-refractivity contribution < 1.29 is 4.79 Å². The summed E-state index contributed by atoms with van der Waals surface area (Å²) in [5.41, 5.74) is 0. The first-order chi connectivity index (χ1) is 10.0. The second-order valence-electron chi connectivity index (χ2n) is 6.49. The quantitative estimate of drug-likeness (QED) is 0.723. The molecule has 4 heteroatoms. The van der Waals surface area contributed by atoms with Crippen LogP contribution in [0, 0.1) is 5.92 Å². The Morgan fingerprint density at radius 2 is 2.00 bits per heavy atom. The summed E-state index contributed by atoms with van der Waals surface area (Å²) in [5.74, 6) is 0.842. The fourth-order valence-corrected chi connectivity index (χ4v) is 3.39. The highest BCUT2D eigenvalue weighted by molar-refractivity contribution is 5.81. The number of piperidine rings is 1. The van der Waals surface area contributed by atoms with Gasteiger partial charge in [-0.2, -0.15) is 0 Å². The fourth-order valence-electron chi connectivity index (χ4n) is 3.39. The van der Waals surface area contributed by atoms with E-state index in [9.17, 15) is 4.79 Å². The molecule has 0 radical (unpaired) electrons. The first kappa shape index (κ1) is 18.4. The van der Waals surface area contributed by atoms with Crippen LogP contribution in [0.3, 0.4) is 0 Å². The Morgan fingerprint density at radius 1 is 1.29 bits per heavy atom. The number of nitrogens with zero attached hydrogens (tertiary/aromatic N) is 1. The zero-order valence-corrected chi connectivity index (χ0v) is 14.6. The van der Waals surface area contributed by atoms with Gasteiger partial charge >= 0.3 is 0 Å². The topological polar surface area (TPSA) is 44.4 Å². The number of hydrogen-bond donors (Lipinski definition) is 2. The summed E-state index contributed by atoms with van der Waals surface area (Å²) in [6.45, 7) is 13.8. The molecule has 1 saturated heterocycles. The monoisotopic (exact) mass is 297 g/mol. The van der Waals surface area contributed by atoms with E-state index in [4.69, 9.17) is 0 Å². The SMILES string of the molecule is CCCC(C)NC(=O)C(C)N1CCC(NCC)C(CC)C1. The van der Waals surface area contributed by atoms with E-state index in [-0.39, 0.29) is 18.0 Å². The van der Waals surface area contributed by atoms with Crippen molar-refractivity contribution in [3.05, 3.63) is 0 Å². The van der Waals surface area contributed by atoms with Crippen molar-refractivity contribution >= 4 is 5.91 Å². The molecule has 1 aliphatic rings. The van der Waals surface area contributed by atoms with Gasteiger partial charge in [0.05, 0.1) is 6.04 Å². The van der Waals surface area contributed by atoms with Gasteiger partial charge in [-0.05, 0) is 39.2 Å². The Labute approximate surface area is 131 Å². The molecule has 2 N–H and O–H groups in total. The van der Waals surface area contributed by atoms with Crippen LogP contribution in [-0.2, 0) is 4.79 Å². The van der Waals surface area contributed by atoms with E-state index in [1.54, 1.807) is 0 Å². The van der Waals surface area contributed by atoms with Gasteiger partial charge in [0, 0.05) is 25.2 Å². The number of likely N-dealkylation sites (tertiary alicyclic amines) is 1. The molecule has 4 unspecified atom stereocenters. The van der Waals surface area contributed by atoms with E-state index in [0.29, 0.717) is 12.0 Å². The van der Waals surface area contributed by atoms with Gasteiger partial charge in [0.2, 0.25) is 5.91 Å². The van der Waals surface area contributed by atoms with E-state index in [0.717, 1.165) is 38.9 Å². The Hall–Kier alpha value is -0.610. The molecule has 4 atom stereocenters. The van der Waals surface area contributed by atoms with Crippen LogP contribution in [-0.4, -0.2) is 48.6 Å². The summed E-state index contributed by atoms with van der Waals surface area (Å²) < 4.78 is 0. The number of hydrogen-bond acceptors (Lipinski definition) is 3. The minimum atomic E-state index is -0.0130. The maximum Gasteiger partial charge on any atom is 0.237 e. The van der Waals surface area contributed by atoms with Gasteiger partial charge < -0.3 is 10.6 Å². The van der Waals surface area contributed by atoms with Crippen LogP contribution >= 0.6 is 0 Å². The van der Waals surface area contributed by atoms with Crippen LogP contribution in [0.25, 0.3) is 0 Å². The lowest BCUT2D eigenvalue weighted by molar-refractivity contribution is -0.127. The van der Waals surface area contributed by atoms with Crippen molar-refractivity contribution in [1.82, 2.24) is 15.5 Å². The normalized spacial score (nSPS) is 26.3. The second kappa shape index (κ2) is 9.42. The van der Waals surface area contributed by atoms with Crippen molar-refractivity contribution in [2.45, 2.75) is 78.4 Å². The Bertz CT molecular complexity index is 308.